The number of hydrogen-bond donors (Lipinski definition) is 2. The molecule has 0 radical (unpaired) electrons. The Balaban J connectivity index is 1.86. The van der Waals surface area contributed by atoms with E-state index in [-0.39, 0.29) is 12.2 Å². The Kier molecular flexibility index (Phi) is 8.09. The van der Waals surface area contributed by atoms with Gasteiger partial charge in [-0.15, -0.1) is 0 Å². The van der Waals surface area contributed by atoms with Crippen molar-refractivity contribution in [3.63, 3.8) is 0 Å². The Morgan fingerprint density at radius 1 is 1.15 bits per heavy atom. The van der Waals surface area contributed by atoms with Crippen LogP contribution in [-0.4, -0.2) is 43.9 Å². The molecule has 0 saturated carbocycles. The smallest absolute Gasteiger partial charge is 0.330 e. The molecule has 1 fully saturated rings. The molecule has 8 nitrogen and oxygen atoms in total. The number of hydrogen-bond acceptors (Lipinski definition) is 6. The van der Waals surface area contributed by atoms with Gasteiger partial charge in [0.05, 0.1) is 25.4 Å². The van der Waals surface area contributed by atoms with E-state index in [2.05, 4.69) is 15.8 Å². The van der Waals surface area contributed by atoms with Crippen LogP contribution in [0.5, 0.6) is 0 Å². The highest BCUT2D eigenvalue weighted by Crippen LogP contribution is 2.48. The second-order valence-electron chi connectivity index (χ2n) is 5.66. The fourth-order valence-corrected chi connectivity index (χ4v) is 4.23. The molecule has 1 aliphatic rings. The monoisotopic (exact) mass is 383 g/mol. The largest absolute Gasteiger partial charge is 0.394 e. The van der Waals surface area contributed by atoms with Crippen LogP contribution in [0.2, 0.25) is 0 Å². The first-order valence-electron chi connectivity index (χ1n) is 8.75. The number of carbonyl (C=O) groups is 1. The third-order valence-electron chi connectivity index (χ3n) is 3.71. The van der Waals surface area contributed by atoms with E-state index < -0.39 is 13.6 Å². The highest BCUT2D eigenvalue weighted by molar-refractivity contribution is 7.53. The van der Waals surface area contributed by atoms with E-state index in [1.54, 1.807) is 13.8 Å². The first-order valence-corrected chi connectivity index (χ1v) is 10.5. The summed E-state index contributed by atoms with van der Waals surface area (Å²) in [7, 11) is -3.16. The van der Waals surface area contributed by atoms with Gasteiger partial charge in [-0.25, -0.2) is 4.79 Å². The zero-order valence-electron chi connectivity index (χ0n) is 15.1. The number of urea groups is 1. The molecule has 2 rings (SSSR count). The summed E-state index contributed by atoms with van der Waals surface area (Å²) in [5.41, 5.74) is 1.15. The number of rotatable bonds is 11. The number of nitrogens with zero attached hydrogens (tertiary/aromatic N) is 1. The summed E-state index contributed by atoms with van der Waals surface area (Å²) < 4.78 is 23.1. The predicted molar refractivity (Wildman–Crippen MR) is 99.3 cm³/mol. The topological polar surface area (TPSA) is 98.2 Å². The third kappa shape index (κ3) is 6.44. The lowest BCUT2D eigenvalue weighted by Crippen LogP contribution is -2.30. The minimum atomic E-state index is -3.16. The van der Waals surface area contributed by atoms with E-state index in [0.717, 1.165) is 5.56 Å². The van der Waals surface area contributed by atoms with Crippen LogP contribution in [0.3, 0.4) is 0 Å². The van der Waals surface area contributed by atoms with E-state index in [4.69, 9.17) is 13.9 Å². The Hall–Kier alpha value is -1.89. The quantitative estimate of drug-likeness (QED) is 0.348. The number of benzene rings is 1. The minimum Gasteiger partial charge on any atom is -0.394 e. The first-order chi connectivity index (χ1) is 12.6. The van der Waals surface area contributed by atoms with Gasteiger partial charge in [-0.1, -0.05) is 35.5 Å². The number of amides is 2. The van der Waals surface area contributed by atoms with Crippen molar-refractivity contribution in [2.75, 3.05) is 26.0 Å². The van der Waals surface area contributed by atoms with Gasteiger partial charge in [-0.2, -0.15) is 0 Å². The van der Waals surface area contributed by atoms with Crippen molar-refractivity contribution in [2.24, 2.45) is 5.16 Å². The molecule has 1 atom stereocenters. The second-order valence-corrected chi connectivity index (χ2v) is 7.84. The third-order valence-corrected chi connectivity index (χ3v) is 5.82. The molecule has 2 N–H and O–H groups in total. The molecule has 1 aromatic rings. The fourth-order valence-electron chi connectivity index (χ4n) is 2.53. The van der Waals surface area contributed by atoms with Gasteiger partial charge in [0.25, 0.3) is 0 Å². The Morgan fingerprint density at radius 2 is 1.85 bits per heavy atom. The second kappa shape index (κ2) is 10.3. The van der Waals surface area contributed by atoms with Gasteiger partial charge in [0.1, 0.15) is 6.61 Å². The van der Waals surface area contributed by atoms with Crippen molar-refractivity contribution < 1.29 is 23.2 Å². The van der Waals surface area contributed by atoms with Crippen molar-refractivity contribution in [3.8, 4) is 0 Å². The summed E-state index contributed by atoms with van der Waals surface area (Å²) in [6.45, 7) is 4.52. The summed E-state index contributed by atoms with van der Waals surface area (Å²) in [6, 6.07) is 9.14. The van der Waals surface area contributed by atoms with E-state index in [0.29, 0.717) is 38.5 Å². The maximum absolute atomic E-state index is 12.5. The molecule has 1 heterocycles. The van der Waals surface area contributed by atoms with Crippen molar-refractivity contribution in [3.05, 3.63) is 35.9 Å². The van der Waals surface area contributed by atoms with E-state index >= 15 is 0 Å². The summed E-state index contributed by atoms with van der Waals surface area (Å²) in [5, 5.41) is 9.35. The lowest BCUT2D eigenvalue weighted by molar-refractivity contribution is 0.146. The standard InChI is InChI=1S/C17H26N3O5P/c1-3-24-26(22,25-4-2)13-11-15-16(19-17(21)18-15)20-23-12-10-14-8-6-5-7-9-14/h5-9,15H,3-4,10-13H2,1-2H3,(H2,18,19,20,21). The van der Waals surface area contributed by atoms with Gasteiger partial charge in [-0.05, 0) is 25.8 Å². The summed E-state index contributed by atoms with van der Waals surface area (Å²) >= 11 is 0. The number of carbonyl (C=O) groups excluding carboxylic acids is 1. The van der Waals surface area contributed by atoms with Crippen molar-refractivity contribution in [2.45, 2.75) is 32.7 Å². The number of nitrogens with one attached hydrogen (secondary N) is 2. The maximum atomic E-state index is 12.5. The first kappa shape index (κ1) is 20.4. The van der Waals surface area contributed by atoms with Crippen molar-refractivity contribution in [1.29, 1.82) is 0 Å². The zero-order valence-corrected chi connectivity index (χ0v) is 16.0. The minimum absolute atomic E-state index is 0.185. The van der Waals surface area contributed by atoms with Gasteiger partial charge in [-0.3, -0.25) is 9.88 Å². The number of oxime groups is 1. The summed E-state index contributed by atoms with van der Waals surface area (Å²) in [5.74, 6) is 0.377. The maximum Gasteiger partial charge on any atom is 0.330 e. The molecule has 144 valence electrons. The van der Waals surface area contributed by atoms with Gasteiger partial charge in [0, 0.05) is 6.42 Å². The van der Waals surface area contributed by atoms with Crippen LogP contribution in [-0.2, 0) is 24.9 Å². The van der Waals surface area contributed by atoms with Crippen LogP contribution in [0.25, 0.3) is 0 Å². The molecule has 1 unspecified atom stereocenters. The molecule has 1 saturated heterocycles. The van der Waals surface area contributed by atoms with Crippen LogP contribution in [0.1, 0.15) is 25.8 Å². The van der Waals surface area contributed by atoms with Crippen LogP contribution in [0, 0.1) is 0 Å². The Morgan fingerprint density at radius 3 is 2.50 bits per heavy atom. The molecule has 2 amide bonds. The van der Waals surface area contributed by atoms with Gasteiger partial charge >= 0.3 is 13.6 Å². The lowest BCUT2D eigenvalue weighted by Gasteiger charge is -2.18. The van der Waals surface area contributed by atoms with Crippen LogP contribution in [0.4, 0.5) is 4.79 Å². The molecule has 9 heteroatoms. The number of amidine groups is 1. The molecule has 0 aromatic heterocycles. The van der Waals surface area contributed by atoms with E-state index in [1.807, 2.05) is 30.3 Å². The van der Waals surface area contributed by atoms with E-state index in [1.165, 1.54) is 0 Å². The SMILES string of the molecule is CCOP(=O)(CCC1NC(=O)NC1=NOCCc1ccccc1)OCC. The average Bonchev–Trinajstić information content (AvgIpc) is 2.98. The lowest BCUT2D eigenvalue weighted by atomic mass is 10.2. The van der Waals surface area contributed by atoms with Crippen LogP contribution >= 0.6 is 7.60 Å². The Bertz CT molecular complexity index is 643. The van der Waals surface area contributed by atoms with Gasteiger partial charge in [0.2, 0.25) is 0 Å². The van der Waals surface area contributed by atoms with E-state index in [9.17, 15) is 9.36 Å². The molecule has 1 aromatic carbocycles. The summed E-state index contributed by atoms with van der Waals surface area (Å²) in [6.07, 6.45) is 1.27. The van der Waals surface area contributed by atoms with Crippen LogP contribution < -0.4 is 10.6 Å². The summed E-state index contributed by atoms with van der Waals surface area (Å²) in [4.78, 5) is 16.9. The van der Waals surface area contributed by atoms with Crippen molar-refractivity contribution >= 4 is 19.5 Å². The zero-order chi connectivity index (χ0) is 18.8. The highest BCUT2D eigenvalue weighted by Gasteiger charge is 2.32. The molecule has 0 aliphatic carbocycles. The van der Waals surface area contributed by atoms with Gasteiger partial charge in [0.15, 0.2) is 5.84 Å². The van der Waals surface area contributed by atoms with Crippen LogP contribution in [0.15, 0.2) is 35.5 Å². The molecule has 0 spiro atoms. The molecule has 0 bridgehead atoms. The normalized spacial score (nSPS) is 18.6. The molecular weight excluding hydrogens is 357 g/mol. The fraction of sp³-hybridized carbons (Fsp3) is 0.529. The predicted octanol–water partition coefficient (Wildman–Crippen LogP) is 2.90. The highest BCUT2D eigenvalue weighted by atomic mass is 31.2. The molecular formula is C17H26N3O5P. The van der Waals surface area contributed by atoms with Gasteiger partial charge < -0.3 is 19.2 Å². The average molecular weight is 383 g/mol. The van der Waals surface area contributed by atoms with Crippen molar-refractivity contribution in [1.82, 2.24) is 10.6 Å². The molecule has 26 heavy (non-hydrogen) atoms. The Labute approximate surface area is 153 Å². The molecule has 1 aliphatic heterocycles.